The summed E-state index contributed by atoms with van der Waals surface area (Å²) in [6, 6.07) is 5.19. The minimum absolute atomic E-state index is 0.0647. The maximum absolute atomic E-state index is 12.4. The number of rotatable bonds is 4. The first kappa shape index (κ1) is 14.6. The molecular weight excluding hydrogens is 322 g/mol. The Balaban J connectivity index is 2.33. The van der Waals surface area contributed by atoms with Gasteiger partial charge in [-0.15, -0.1) is 0 Å². The summed E-state index contributed by atoms with van der Waals surface area (Å²) >= 11 is 3.46. The lowest BCUT2D eigenvalue weighted by atomic mass is 10.0. The molecule has 0 amide bonds. The molecule has 1 heterocycles. The van der Waals surface area contributed by atoms with Crippen LogP contribution < -0.4 is 10.5 Å². The molecule has 2 aromatic rings. The van der Waals surface area contributed by atoms with Crippen LogP contribution in [-0.2, 0) is 13.5 Å². The summed E-state index contributed by atoms with van der Waals surface area (Å²) in [4.78, 5) is 12.4. The SMILES string of the molecule is COc1cccc(C(=O)Cc2c(Br)c(C)nn2C)c1N. The van der Waals surface area contributed by atoms with Gasteiger partial charge in [-0.25, -0.2) is 0 Å². The van der Waals surface area contributed by atoms with E-state index >= 15 is 0 Å². The molecule has 20 heavy (non-hydrogen) atoms. The van der Waals surface area contributed by atoms with E-state index in [1.54, 1.807) is 22.9 Å². The molecule has 0 aliphatic heterocycles. The van der Waals surface area contributed by atoms with Crippen LogP contribution in [0.4, 0.5) is 5.69 Å². The minimum Gasteiger partial charge on any atom is -0.495 e. The summed E-state index contributed by atoms with van der Waals surface area (Å²) in [5.41, 5.74) is 8.47. The van der Waals surface area contributed by atoms with Crippen LogP contribution in [0.5, 0.6) is 5.75 Å². The van der Waals surface area contributed by atoms with Crippen LogP contribution in [0.25, 0.3) is 0 Å². The first-order valence-electron chi connectivity index (χ1n) is 6.09. The van der Waals surface area contributed by atoms with Gasteiger partial charge in [-0.05, 0) is 35.0 Å². The normalized spacial score (nSPS) is 10.6. The fourth-order valence-corrected chi connectivity index (χ4v) is 2.56. The molecular formula is C14H16BrN3O2. The number of anilines is 1. The first-order valence-corrected chi connectivity index (χ1v) is 6.88. The molecule has 0 radical (unpaired) electrons. The largest absolute Gasteiger partial charge is 0.495 e. The number of benzene rings is 1. The van der Waals surface area contributed by atoms with Gasteiger partial charge >= 0.3 is 0 Å². The Morgan fingerprint density at radius 1 is 1.50 bits per heavy atom. The molecule has 106 valence electrons. The third-order valence-electron chi connectivity index (χ3n) is 3.18. The van der Waals surface area contributed by atoms with Gasteiger partial charge in [-0.2, -0.15) is 5.10 Å². The number of ether oxygens (including phenoxy) is 1. The predicted molar refractivity (Wildman–Crippen MR) is 81.1 cm³/mol. The van der Waals surface area contributed by atoms with E-state index in [0.717, 1.165) is 15.9 Å². The number of nitrogens with two attached hydrogens (primary N) is 1. The quantitative estimate of drug-likeness (QED) is 0.687. The van der Waals surface area contributed by atoms with Crippen LogP contribution in [0, 0.1) is 6.92 Å². The molecule has 0 bridgehead atoms. The number of nitrogen functional groups attached to an aromatic ring is 1. The highest BCUT2D eigenvalue weighted by atomic mass is 79.9. The van der Waals surface area contributed by atoms with Crippen molar-refractivity contribution in [1.29, 1.82) is 0 Å². The van der Waals surface area contributed by atoms with Crippen LogP contribution in [0.2, 0.25) is 0 Å². The average Bonchev–Trinajstić information content (AvgIpc) is 2.65. The number of carbonyl (C=O) groups is 1. The summed E-state index contributed by atoms with van der Waals surface area (Å²) in [5, 5.41) is 4.28. The van der Waals surface area contributed by atoms with E-state index < -0.39 is 0 Å². The predicted octanol–water partition coefficient (Wildman–Crippen LogP) is 2.51. The first-order chi connectivity index (χ1) is 9.45. The number of aryl methyl sites for hydroxylation is 2. The summed E-state index contributed by atoms with van der Waals surface area (Å²) < 4.78 is 7.69. The number of Topliss-reactive ketones (excluding diaryl/α,β-unsaturated/α-hetero) is 1. The van der Waals surface area contributed by atoms with Gasteiger partial charge in [-0.3, -0.25) is 9.48 Å². The average molecular weight is 338 g/mol. The van der Waals surface area contributed by atoms with Gasteiger partial charge in [0, 0.05) is 12.6 Å². The van der Waals surface area contributed by atoms with E-state index in [4.69, 9.17) is 10.5 Å². The van der Waals surface area contributed by atoms with Crippen LogP contribution in [-0.4, -0.2) is 22.7 Å². The van der Waals surface area contributed by atoms with Gasteiger partial charge in [0.2, 0.25) is 0 Å². The van der Waals surface area contributed by atoms with Crippen molar-refractivity contribution in [2.75, 3.05) is 12.8 Å². The number of hydrogen-bond donors (Lipinski definition) is 1. The third kappa shape index (κ3) is 2.56. The molecule has 0 unspecified atom stereocenters. The molecule has 1 aromatic carbocycles. The molecule has 0 spiro atoms. The molecule has 2 N–H and O–H groups in total. The third-order valence-corrected chi connectivity index (χ3v) is 4.21. The molecule has 2 rings (SSSR count). The number of nitrogens with zero attached hydrogens (tertiary/aromatic N) is 2. The van der Waals surface area contributed by atoms with Crippen molar-refractivity contribution in [2.24, 2.45) is 7.05 Å². The van der Waals surface area contributed by atoms with Crippen LogP contribution in [0.1, 0.15) is 21.7 Å². The Morgan fingerprint density at radius 2 is 2.20 bits per heavy atom. The number of carbonyl (C=O) groups excluding carboxylic acids is 1. The monoisotopic (exact) mass is 337 g/mol. The van der Waals surface area contributed by atoms with Gasteiger partial charge in [0.05, 0.1) is 35.1 Å². The number of hydrogen-bond acceptors (Lipinski definition) is 4. The Kier molecular flexibility index (Phi) is 4.13. The second kappa shape index (κ2) is 5.66. The fourth-order valence-electron chi connectivity index (χ4n) is 2.08. The molecule has 0 fully saturated rings. The molecule has 0 aliphatic rings. The highest BCUT2D eigenvalue weighted by Gasteiger charge is 2.18. The smallest absolute Gasteiger partial charge is 0.171 e. The fraction of sp³-hybridized carbons (Fsp3) is 0.286. The zero-order chi connectivity index (χ0) is 14.9. The highest BCUT2D eigenvalue weighted by Crippen LogP contribution is 2.27. The van der Waals surface area contributed by atoms with E-state index in [1.165, 1.54) is 7.11 Å². The second-order valence-corrected chi connectivity index (χ2v) is 5.28. The zero-order valence-corrected chi connectivity index (χ0v) is 13.2. The molecule has 0 atom stereocenters. The summed E-state index contributed by atoms with van der Waals surface area (Å²) in [5.74, 6) is 0.446. The van der Waals surface area contributed by atoms with Crippen LogP contribution in [0.3, 0.4) is 0 Å². The van der Waals surface area contributed by atoms with Crippen molar-refractivity contribution in [1.82, 2.24) is 9.78 Å². The van der Waals surface area contributed by atoms with Crippen molar-refractivity contribution in [3.8, 4) is 5.75 Å². The Bertz CT molecular complexity index is 665. The van der Waals surface area contributed by atoms with Crippen molar-refractivity contribution in [2.45, 2.75) is 13.3 Å². The maximum Gasteiger partial charge on any atom is 0.171 e. The standard InChI is InChI=1S/C14H16BrN3O2/c1-8-13(15)10(18(2)17-8)7-11(19)9-5-4-6-12(20-3)14(9)16/h4-6H,7,16H2,1-3H3. The summed E-state index contributed by atoms with van der Waals surface area (Å²) in [6.07, 6.45) is 0.231. The van der Waals surface area contributed by atoms with Crippen LogP contribution in [0.15, 0.2) is 22.7 Å². The number of para-hydroxylation sites is 1. The van der Waals surface area contributed by atoms with Crippen molar-refractivity contribution >= 4 is 27.4 Å². The van der Waals surface area contributed by atoms with Crippen molar-refractivity contribution < 1.29 is 9.53 Å². The second-order valence-electron chi connectivity index (χ2n) is 4.49. The molecule has 6 heteroatoms. The van der Waals surface area contributed by atoms with Crippen LogP contribution >= 0.6 is 15.9 Å². The van der Waals surface area contributed by atoms with Crippen molar-refractivity contribution in [3.05, 3.63) is 39.6 Å². The number of methoxy groups -OCH3 is 1. The Morgan fingerprint density at radius 3 is 2.75 bits per heavy atom. The van der Waals surface area contributed by atoms with E-state index in [2.05, 4.69) is 21.0 Å². The summed E-state index contributed by atoms with van der Waals surface area (Å²) in [7, 11) is 3.34. The Labute approximate surface area is 125 Å². The topological polar surface area (TPSA) is 70.1 Å². The number of halogens is 1. The highest BCUT2D eigenvalue weighted by molar-refractivity contribution is 9.10. The lowest BCUT2D eigenvalue weighted by molar-refractivity contribution is 0.0991. The number of aromatic nitrogens is 2. The molecule has 5 nitrogen and oxygen atoms in total. The van der Waals surface area contributed by atoms with E-state index in [0.29, 0.717) is 17.0 Å². The lowest BCUT2D eigenvalue weighted by Crippen LogP contribution is -2.11. The van der Waals surface area contributed by atoms with E-state index in [1.807, 2.05) is 14.0 Å². The van der Waals surface area contributed by atoms with Gasteiger partial charge in [0.25, 0.3) is 0 Å². The lowest BCUT2D eigenvalue weighted by Gasteiger charge is -2.09. The zero-order valence-electron chi connectivity index (χ0n) is 11.6. The van der Waals surface area contributed by atoms with Gasteiger partial charge in [0.1, 0.15) is 5.75 Å². The van der Waals surface area contributed by atoms with E-state index in [-0.39, 0.29) is 12.2 Å². The van der Waals surface area contributed by atoms with Gasteiger partial charge in [-0.1, -0.05) is 6.07 Å². The Hall–Kier alpha value is -1.82. The molecule has 0 aliphatic carbocycles. The minimum atomic E-state index is -0.0647. The van der Waals surface area contributed by atoms with Crippen molar-refractivity contribution in [3.63, 3.8) is 0 Å². The molecule has 0 saturated carbocycles. The van der Waals surface area contributed by atoms with Gasteiger partial charge in [0.15, 0.2) is 5.78 Å². The van der Waals surface area contributed by atoms with E-state index in [9.17, 15) is 4.79 Å². The summed E-state index contributed by atoms with van der Waals surface area (Å²) in [6.45, 7) is 1.89. The maximum atomic E-state index is 12.4. The molecule has 1 aromatic heterocycles. The van der Waals surface area contributed by atoms with Gasteiger partial charge < -0.3 is 10.5 Å². The number of ketones is 1. The molecule has 0 saturated heterocycles.